The van der Waals surface area contributed by atoms with E-state index in [0.717, 1.165) is 5.56 Å². The Kier molecular flexibility index (Phi) is 4.13. The zero-order chi connectivity index (χ0) is 13.8. The highest BCUT2D eigenvalue weighted by molar-refractivity contribution is 6.19. The van der Waals surface area contributed by atoms with Gasteiger partial charge in [-0.15, -0.1) is 0 Å². The number of rotatable bonds is 5. The number of ether oxygens (including phenoxy) is 1. The van der Waals surface area contributed by atoms with Gasteiger partial charge in [0.1, 0.15) is 6.54 Å². The van der Waals surface area contributed by atoms with Gasteiger partial charge < -0.3 is 15.4 Å². The molecule has 0 atom stereocenters. The minimum absolute atomic E-state index is 0.0923. The van der Waals surface area contributed by atoms with E-state index in [9.17, 15) is 9.59 Å². The number of carbonyl (C=O) groups excluding carboxylic acids is 2. The standard InChI is InChI=1S/C13H17N3O3/c1-19-6-5-15-9-12(17)16(13(15)18)11-4-2-3-10(7-11)8-14/h2-4,7H,5-6,8-9,14H2,1H3. The van der Waals surface area contributed by atoms with Crippen LogP contribution in [0.4, 0.5) is 10.5 Å². The van der Waals surface area contributed by atoms with Gasteiger partial charge in [-0.25, -0.2) is 9.69 Å². The van der Waals surface area contributed by atoms with Crippen molar-refractivity contribution in [2.24, 2.45) is 5.73 Å². The predicted octanol–water partition coefficient (Wildman–Crippen LogP) is 0.560. The van der Waals surface area contributed by atoms with Crippen LogP contribution < -0.4 is 10.6 Å². The van der Waals surface area contributed by atoms with Crippen LogP contribution >= 0.6 is 0 Å². The molecule has 6 heteroatoms. The minimum atomic E-state index is -0.309. The summed E-state index contributed by atoms with van der Waals surface area (Å²) in [4.78, 5) is 26.8. The third-order valence-corrected chi connectivity index (χ3v) is 3.01. The summed E-state index contributed by atoms with van der Waals surface area (Å²) in [6.45, 7) is 1.29. The quantitative estimate of drug-likeness (QED) is 0.788. The molecule has 2 N–H and O–H groups in total. The van der Waals surface area contributed by atoms with E-state index in [0.29, 0.717) is 25.4 Å². The number of anilines is 1. The highest BCUT2D eigenvalue weighted by Crippen LogP contribution is 2.22. The van der Waals surface area contributed by atoms with E-state index < -0.39 is 0 Å². The Morgan fingerprint density at radius 2 is 2.16 bits per heavy atom. The SMILES string of the molecule is COCCN1CC(=O)N(c2cccc(CN)c2)C1=O. The van der Waals surface area contributed by atoms with E-state index in [1.54, 1.807) is 25.3 Å². The van der Waals surface area contributed by atoms with E-state index in [1.165, 1.54) is 9.80 Å². The lowest BCUT2D eigenvalue weighted by atomic mass is 10.2. The highest BCUT2D eigenvalue weighted by Gasteiger charge is 2.36. The fourth-order valence-electron chi connectivity index (χ4n) is 2.00. The maximum absolute atomic E-state index is 12.2. The van der Waals surface area contributed by atoms with Crippen molar-refractivity contribution in [2.45, 2.75) is 6.54 Å². The van der Waals surface area contributed by atoms with Crippen molar-refractivity contribution in [3.63, 3.8) is 0 Å². The van der Waals surface area contributed by atoms with Gasteiger partial charge in [0.15, 0.2) is 0 Å². The van der Waals surface area contributed by atoms with Crippen molar-refractivity contribution in [3.05, 3.63) is 29.8 Å². The molecular weight excluding hydrogens is 246 g/mol. The van der Waals surface area contributed by atoms with Crippen LogP contribution in [0.2, 0.25) is 0 Å². The highest BCUT2D eigenvalue weighted by atomic mass is 16.5. The first kappa shape index (κ1) is 13.5. The summed E-state index contributed by atoms with van der Waals surface area (Å²) >= 11 is 0. The second-order valence-corrected chi connectivity index (χ2v) is 4.30. The van der Waals surface area contributed by atoms with Gasteiger partial charge in [-0.1, -0.05) is 12.1 Å². The maximum Gasteiger partial charge on any atom is 0.331 e. The number of carbonyl (C=O) groups is 2. The molecule has 1 saturated heterocycles. The number of amides is 3. The Morgan fingerprint density at radius 3 is 2.84 bits per heavy atom. The van der Waals surface area contributed by atoms with Crippen LogP contribution in [0.25, 0.3) is 0 Å². The molecule has 0 radical (unpaired) electrons. The Bertz CT molecular complexity index is 490. The second kappa shape index (κ2) is 5.81. The van der Waals surface area contributed by atoms with Gasteiger partial charge in [0.05, 0.1) is 12.3 Å². The second-order valence-electron chi connectivity index (χ2n) is 4.30. The number of urea groups is 1. The van der Waals surface area contributed by atoms with Crippen LogP contribution in [0.15, 0.2) is 24.3 Å². The maximum atomic E-state index is 12.2. The summed E-state index contributed by atoms with van der Waals surface area (Å²) in [7, 11) is 1.56. The molecule has 1 aromatic carbocycles. The first-order valence-electron chi connectivity index (χ1n) is 6.07. The molecule has 19 heavy (non-hydrogen) atoms. The van der Waals surface area contributed by atoms with Crippen LogP contribution in [0, 0.1) is 0 Å². The van der Waals surface area contributed by atoms with Crippen LogP contribution in [0.1, 0.15) is 5.56 Å². The number of imide groups is 1. The van der Waals surface area contributed by atoms with Gasteiger partial charge in [0, 0.05) is 20.2 Å². The molecule has 2 rings (SSSR count). The van der Waals surface area contributed by atoms with E-state index in [4.69, 9.17) is 10.5 Å². The average molecular weight is 263 g/mol. The topological polar surface area (TPSA) is 75.9 Å². The van der Waals surface area contributed by atoms with E-state index in [1.807, 2.05) is 6.07 Å². The third kappa shape index (κ3) is 2.74. The lowest BCUT2D eigenvalue weighted by Crippen LogP contribution is -2.34. The molecule has 102 valence electrons. The lowest BCUT2D eigenvalue weighted by molar-refractivity contribution is -0.116. The predicted molar refractivity (Wildman–Crippen MR) is 70.7 cm³/mol. The Hall–Kier alpha value is -1.92. The Morgan fingerprint density at radius 1 is 1.37 bits per heavy atom. The number of hydrogen-bond donors (Lipinski definition) is 1. The third-order valence-electron chi connectivity index (χ3n) is 3.01. The zero-order valence-corrected chi connectivity index (χ0v) is 10.8. The summed E-state index contributed by atoms with van der Waals surface area (Å²) in [5.41, 5.74) is 7.01. The first-order chi connectivity index (χ1) is 9.17. The summed E-state index contributed by atoms with van der Waals surface area (Å²) in [6.07, 6.45) is 0. The molecule has 0 spiro atoms. The summed E-state index contributed by atoms with van der Waals surface area (Å²) in [6, 6.07) is 6.83. The zero-order valence-electron chi connectivity index (χ0n) is 10.8. The van der Waals surface area contributed by atoms with Crippen molar-refractivity contribution in [3.8, 4) is 0 Å². The van der Waals surface area contributed by atoms with Crippen LogP contribution in [-0.4, -0.2) is 43.6 Å². The fraction of sp³-hybridized carbons (Fsp3) is 0.385. The smallest absolute Gasteiger partial charge is 0.331 e. The molecule has 1 aliphatic rings. The van der Waals surface area contributed by atoms with E-state index in [2.05, 4.69) is 0 Å². The minimum Gasteiger partial charge on any atom is -0.383 e. The summed E-state index contributed by atoms with van der Waals surface area (Å²) < 4.78 is 4.92. The van der Waals surface area contributed by atoms with Gasteiger partial charge in [0.25, 0.3) is 5.91 Å². The lowest BCUT2D eigenvalue weighted by Gasteiger charge is -2.17. The van der Waals surface area contributed by atoms with Crippen molar-refractivity contribution >= 4 is 17.6 Å². The van der Waals surface area contributed by atoms with Gasteiger partial charge in [0.2, 0.25) is 0 Å². The monoisotopic (exact) mass is 263 g/mol. The molecule has 0 aromatic heterocycles. The molecule has 6 nitrogen and oxygen atoms in total. The molecule has 3 amide bonds. The molecule has 0 bridgehead atoms. The molecule has 0 aliphatic carbocycles. The van der Waals surface area contributed by atoms with Gasteiger partial charge in [-0.2, -0.15) is 0 Å². The summed E-state index contributed by atoms with van der Waals surface area (Å²) in [5.74, 6) is -0.227. The molecule has 1 fully saturated rings. The summed E-state index contributed by atoms with van der Waals surface area (Å²) in [5, 5.41) is 0. The molecule has 1 aromatic rings. The Labute approximate surface area is 111 Å². The van der Waals surface area contributed by atoms with Crippen molar-refractivity contribution in [1.29, 1.82) is 0 Å². The average Bonchev–Trinajstić information content (AvgIpc) is 2.71. The van der Waals surface area contributed by atoms with Gasteiger partial charge >= 0.3 is 6.03 Å². The Balaban J connectivity index is 2.19. The largest absolute Gasteiger partial charge is 0.383 e. The van der Waals surface area contributed by atoms with Gasteiger partial charge in [-0.3, -0.25) is 4.79 Å². The number of methoxy groups -OCH3 is 1. The number of nitrogens with two attached hydrogens (primary N) is 1. The van der Waals surface area contributed by atoms with Crippen molar-refractivity contribution in [1.82, 2.24) is 4.90 Å². The number of nitrogens with zero attached hydrogens (tertiary/aromatic N) is 2. The molecular formula is C13H17N3O3. The first-order valence-corrected chi connectivity index (χ1v) is 6.07. The van der Waals surface area contributed by atoms with Crippen LogP contribution in [0.3, 0.4) is 0 Å². The van der Waals surface area contributed by atoms with Crippen LogP contribution in [0.5, 0.6) is 0 Å². The molecule has 1 heterocycles. The fourth-order valence-corrected chi connectivity index (χ4v) is 2.00. The molecule has 0 saturated carbocycles. The number of hydrogen-bond acceptors (Lipinski definition) is 4. The van der Waals surface area contributed by atoms with Crippen LogP contribution in [-0.2, 0) is 16.1 Å². The van der Waals surface area contributed by atoms with Crippen molar-refractivity contribution < 1.29 is 14.3 Å². The molecule has 0 unspecified atom stereocenters. The van der Waals surface area contributed by atoms with Gasteiger partial charge in [-0.05, 0) is 17.7 Å². The van der Waals surface area contributed by atoms with E-state index >= 15 is 0 Å². The normalized spacial score (nSPS) is 15.5. The van der Waals surface area contributed by atoms with Crippen molar-refractivity contribution in [2.75, 3.05) is 31.7 Å². The molecule has 1 aliphatic heterocycles. The number of benzene rings is 1. The van der Waals surface area contributed by atoms with E-state index in [-0.39, 0.29) is 18.5 Å².